The van der Waals surface area contributed by atoms with Gasteiger partial charge in [-0.15, -0.1) is 0 Å². The predicted molar refractivity (Wildman–Crippen MR) is 86.3 cm³/mol. The topological polar surface area (TPSA) is 67.4 Å². The molecule has 2 amide bonds. The summed E-state index contributed by atoms with van der Waals surface area (Å²) in [4.78, 5) is 23.3. The molecular formula is C17H18N2O3. The van der Waals surface area contributed by atoms with Crippen LogP contribution in [0.5, 0.6) is 0 Å². The summed E-state index contributed by atoms with van der Waals surface area (Å²) in [5, 5.41) is 5.53. The summed E-state index contributed by atoms with van der Waals surface area (Å²) in [6.07, 6.45) is 0. The van der Waals surface area contributed by atoms with Crippen molar-refractivity contribution in [3.05, 3.63) is 59.2 Å². The highest BCUT2D eigenvalue weighted by Gasteiger charge is 2.08. The number of carbonyl (C=O) groups is 2. The number of carbonyl (C=O) groups excluding carboxylic acids is 2. The molecule has 0 spiro atoms. The third-order valence-corrected chi connectivity index (χ3v) is 3.42. The van der Waals surface area contributed by atoms with Crippen molar-refractivity contribution in [2.24, 2.45) is 0 Å². The minimum atomic E-state index is -0.411. The van der Waals surface area contributed by atoms with E-state index in [0.717, 1.165) is 16.8 Å². The molecule has 0 bridgehead atoms. The Morgan fingerprint density at radius 2 is 1.64 bits per heavy atom. The molecule has 2 aromatic rings. The lowest BCUT2D eigenvalue weighted by atomic mass is 10.1. The first kappa shape index (κ1) is 15.6. The van der Waals surface area contributed by atoms with E-state index in [2.05, 4.69) is 15.4 Å². The van der Waals surface area contributed by atoms with Crippen molar-refractivity contribution in [2.45, 2.75) is 13.8 Å². The second kappa shape index (κ2) is 6.76. The first-order valence-electron chi connectivity index (χ1n) is 6.84. The smallest absolute Gasteiger partial charge is 0.337 e. The van der Waals surface area contributed by atoms with E-state index >= 15 is 0 Å². The molecule has 2 aromatic carbocycles. The number of nitrogens with one attached hydrogen (secondary N) is 2. The summed E-state index contributed by atoms with van der Waals surface area (Å²) < 4.78 is 4.62. The number of amides is 2. The number of esters is 1. The van der Waals surface area contributed by atoms with Gasteiger partial charge in [0.25, 0.3) is 0 Å². The summed E-state index contributed by atoms with van der Waals surface area (Å²) in [5.41, 5.74) is 3.93. The lowest BCUT2D eigenvalue weighted by molar-refractivity contribution is 0.0601. The number of aryl methyl sites for hydroxylation is 1. The Bertz CT molecular complexity index is 694. The molecule has 0 atom stereocenters. The molecule has 5 heteroatoms. The Labute approximate surface area is 129 Å². The van der Waals surface area contributed by atoms with Crippen molar-refractivity contribution < 1.29 is 14.3 Å². The van der Waals surface area contributed by atoms with Crippen molar-refractivity contribution in [3.8, 4) is 0 Å². The Balaban J connectivity index is 2.03. The Kier molecular flexibility index (Phi) is 4.78. The average Bonchev–Trinajstić information content (AvgIpc) is 2.52. The fourth-order valence-electron chi connectivity index (χ4n) is 1.98. The fraction of sp³-hybridized carbons (Fsp3) is 0.176. The molecule has 0 heterocycles. The van der Waals surface area contributed by atoms with E-state index in [-0.39, 0.29) is 6.03 Å². The predicted octanol–water partition coefficient (Wildman–Crippen LogP) is 3.73. The first-order valence-corrected chi connectivity index (χ1v) is 6.84. The van der Waals surface area contributed by atoms with Crippen LogP contribution in [0, 0.1) is 13.8 Å². The van der Waals surface area contributed by atoms with E-state index in [0.29, 0.717) is 11.3 Å². The molecule has 0 aliphatic carbocycles. The van der Waals surface area contributed by atoms with Gasteiger partial charge in [-0.1, -0.05) is 12.1 Å². The monoisotopic (exact) mass is 298 g/mol. The third kappa shape index (κ3) is 3.63. The van der Waals surface area contributed by atoms with Crippen LogP contribution in [-0.4, -0.2) is 19.1 Å². The van der Waals surface area contributed by atoms with Crippen LogP contribution < -0.4 is 10.6 Å². The number of benzene rings is 2. The van der Waals surface area contributed by atoms with Crippen molar-refractivity contribution in [1.82, 2.24) is 0 Å². The van der Waals surface area contributed by atoms with E-state index < -0.39 is 5.97 Å². The van der Waals surface area contributed by atoms with E-state index in [1.807, 2.05) is 32.0 Å². The van der Waals surface area contributed by atoms with Gasteiger partial charge in [-0.3, -0.25) is 0 Å². The molecule has 0 saturated heterocycles. The van der Waals surface area contributed by atoms with Gasteiger partial charge < -0.3 is 15.4 Å². The van der Waals surface area contributed by atoms with Gasteiger partial charge in [0.2, 0.25) is 0 Å². The van der Waals surface area contributed by atoms with Crippen LogP contribution in [0.1, 0.15) is 21.5 Å². The Morgan fingerprint density at radius 1 is 0.955 bits per heavy atom. The van der Waals surface area contributed by atoms with Gasteiger partial charge >= 0.3 is 12.0 Å². The average molecular weight is 298 g/mol. The van der Waals surface area contributed by atoms with Crippen LogP contribution in [0.2, 0.25) is 0 Å². The zero-order valence-corrected chi connectivity index (χ0v) is 12.8. The largest absolute Gasteiger partial charge is 0.465 e. The summed E-state index contributed by atoms with van der Waals surface area (Å²) in [6, 6.07) is 11.9. The fourth-order valence-corrected chi connectivity index (χ4v) is 1.98. The Morgan fingerprint density at radius 3 is 2.27 bits per heavy atom. The highest BCUT2D eigenvalue weighted by atomic mass is 16.5. The normalized spacial score (nSPS) is 9.95. The number of rotatable bonds is 3. The summed E-state index contributed by atoms with van der Waals surface area (Å²) in [5.74, 6) is -0.411. The molecule has 2 rings (SSSR count). The zero-order valence-electron chi connectivity index (χ0n) is 12.8. The van der Waals surface area contributed by atoms with Crippen LogP contribution in [0.4, 0.5) is 16.2 Å². The SMILES string of the molecule is COC(=O)c1ccc(NC(=O)Nc2cccc(C)c2C)cc1. The zero-order chi connectivity index (χ0) is 16.1. The molecule has 22 heavy (non-hydrogen) atoms. The van der Waals surface area contributed by atoms with Crippen molar-refractivity contribution in [1.29, 1.82) is 0 Å². The van der Waals surface area contributed by atoms with Gasteiger partial charge in [-0.25, -0.2) is 9.59 Å². The minimum absolute atomic E-state index is 0.334. The van der Waals surface area contributed by atoms with Crippen molar-refractivity contribution in [3.63, 3.8) is 0 Å². The van der Waals surface area contributed by atoms with Crippen LogP contribution >= 0.6 is 0 Å². The number of ether oxygens (including phenoxy) is 1. The van der Waals surface area contributed by atoms with E-state index in [9.17, 15) is 9.59 Å². The van der Waals surface area contributed by atoms with Crippen LogP contribution in [-0.2, 0) is 4.74 Å². The molecule has 0 aliphatic rings. The van der Waals surface area contributed by atoms with Crippen LogP contribution in [0.15, 0.2) is 42.5 Å². The maximum absolute atomic E-state index is 12.0. The minimum Gasteiger partial charge on any atom is -0.465 e. The molecule has 0 radical (unpaired) electrons. The molecule has 0 unspecified atom stereocenters. The maximum atomic E-state index is 12.0. The molecule has 0 fully saturated rings. The molecule has 0 aliphatic heterocycles. The Hall–Kier alpha value is -2.82. The van der Waals surface area contributed by atoms with Gasteiger partial charge in [0.15, 0.2) is 0 Å². The van der Waals surface area contributed by atoms with E-state index in [4.69, 9.17) is 0 Å². The summed E-state index contributed by atoms with van der Waals surface area (Å²) in [6.45, 7) is 3.94. The van der Waals surface area contributed by atoms with Gasteiger partial charge in [0.1, 0.15) is 0 Å². The highest BCUT2D eigenvalue weighted by molar-refractivity contribution is 6.00. The molecule has 0 saturated carbocycles. The molecule has 5 nitrogen and oxygen atoms in total. The highest BCUT2D eigenvalue weighted by Crippen LogP contribution is 2.18. The maximum Gasteiger partial charge on any atom is 0.337 e. The third-order valence-electron chi connectivity index (χ3n) is 3.42. The quantitative estimate of drug-likeness (QED) is 0.848. The molecule has 114 valence electrons. The summed E-state index contributed by atoms with van der Waals surface area (Å²) in [7, 11) is 1.33. The number of hydrogen-bond acceptors (Lipinski definition) is 3. The van der Waals surface area contributed by atoms with Crippen molar-refractivity contribution in [2.75, 3.05) is 17.7 Å². The number of anilines is 2. The lowest BCUT2D eigenvalue weighted by Crippen LogP contribution is -2.20. The van der Waals surface area contributed by atoms with E-state index in [1.54, 1.807) is 24.3 Å². The molecule has 2 N–H and O–H groups in total. The van der Waals surface area contributed by atoms with Crippen LogP contribution in [0.25, 0.3) is 0 Å². The van der Waals surface area contributed by atoms with Crippen molar-refractivity contribution >= 4 is 23.4 Å². The van der Waals surface area contributed by atoms with Gasteiger partial charge in [0, 0.05) is 11.4 Å². The standard InChI is InChI=1S/C17H18N2O3/c1-11-5-4-6-15(12(11)2)19-17(21)18-14-9-7-13(8-10-14)16(20)22-3/h4-10H,1-3H3,(H2,18,19,21). The van der Waals surface area contributed by atoms with Gasteiger partial charge in [-0.05, 0) is 55.3 Å². The number of methoxy groups -OCH3 is 1. The summed E-state index contributed by atoms with van der Waals surface area (Å²) >= 11 is 0. The molecule has 0 aromatic heterocycles. The van der Waals surface area contributed by atoms with Gasteiger partial charge in [-0.2, -0.15) is 0 Å². The second-order valence-corrected chi connectivity index (χ2v) is 4.90. The lowest BCUT2D eigenvalue weighted by Gasteiger charge is -2.11. The van der Waals surface area contributed by atoms with E-state index in [1.165, 1.54) is 7.11 Å². The number of urea groups is 1. The molecular weight excluding hydrogens is 280 g/mol. The first-order chi connectivity index (χ1) is 10.5. The van der Waals surface area contributed by atoms with Crippen LogP contribution in [0.3, 0.4) is 0 Å². The second-order valence-electron chi connectivity index (χ2n) is 4.90. The van der Waals surface area contributed by atoms with Gasteiger partial charge in [0.05, 0.1) is 12.7 Å². The number of hydrogen-bond donors (Lipinski definition) is 2.